The first-order chi connectivity index (χ1) is 7.22. The number of aromatic nitrogens is 2. The summed E-state index contributed by atoms with van der Waals surface area (Å²) < 4.78 is 13.4. The molecule has 15 heavy (non-hydrogen) atoms. The second-order valence-electron chi connectivity index (χ2n) is 3.19. The van der Waals surface area contributed by atoms with Crippen LogP contribution in [-0.2, 0) is 0 Å². The molecule has 0 fully saturated rings. The molecule has 0 bridgehead atoms. The molecule has 0 aliphatic rings. The number of carbonyl (C=O) groups is 1. The molecule has 0 unspecified atom stereocenters. The summed E-state index contributed by atoms with van der Waals surface area (Å²) in [6.07, 6.45) is 0.649. The van der Waals surface area contributed by atoms with Gasteiger partial charge < -0.3 is 4.98 Å². The number of rotatable bonds is 2. The highest BCUT2D eigenvalue weighted by Crippen LogP contribution is 2.20. The van der Waals surface area contributed by atoms with Crippen molar-refractivity contribution in [2.24, 2.45) is 0 Å². The Labute approximate surface area is 86.0 Å². The van der Waals surface area contributed by atoms with Gasteiger partial charge in [0.05, 0.1) is 5.56 Å². The highest BCUT2D eigenvalue weighted by Gasteiger charge is 2.10. The predicted octanol–water partition coefficient (Wildman–Crippen LogP) is 2.34. The van der Waals surface area contributed by atoms with Gasteiger partial charge in [-0.25, -0.2) is 9.37 Å². The molecule has 0 radical (unpaired) electrons. The number of halogens is 1. The molecule has 2 aromatic rings. The van der Waals surface area contributed by atoms with Crippen molar-refractivity contribution in [1.29, 1.82) is 0 Å². The van der Waals surface area contributed by atoms with E-state index in [1.54, 1.807) is 25.1 Å². The third-order valence-electron chi connectivity index (χ3n) is 2.16. The summed E-state index contributed by atoms with van der Waals surface area (Å²) in [6.45, 7) is 1.72. The molecule has 0 saturated heterocycles. The largest absolute Gasteiger partial charge is 0.341 e. The van der Waals surface area contributed by atoms with Gasteiger partial charge in [0.2, 0.25) is 0 Å². The number of imidazole rings is 1. The molecule has 4 heteroatoms. The lowest BCUT2D eigenvalue weighted by Crippen LogP contribution is -1.86. The summed E-state index contributed by atoms with van der Waals surface area (Å²) in [5.74, 6) is 0.0244. The van der Waals surface area contributed by atoms with Crippen molar-refractivity contribution < 1.29 is 9.18 Å². The van der Waals surface area contributed by atoms with Gasteiger partial charge in [-0.15, -0.1) is 0 Å². The maximum atomic E-state index is 13.4. The van der Waals surface area contributed by atoms with Crippen LogP contribution in [0.25, 0.3) is 11.4 Å². The van der Waals surface area contributed by atoms with Crippen LogP contribution in [-0.4, -0.2) is 16.3 Å². The monoisotopic (exact) mass is 204 g/mol. The van der Waals surface area contributed by atoms with Gasteiger partial charge in [0.25, 0.3) is 0 Å². The molecule has 0 amide bonds. The van der Waals surface area contributed by atoms with Gasteiger partial charge in [-0.3, -0.25) is 4.79 Å². The van der Waals surface area contributed by atoms with Crippen molar-refractivity contribution >= 4 is 6.29 Å². The number of aromatic amines is 1. The van der Waals surface area contributed by atoms with Gasteiger partial charge >= 0.3 is 0 Å². The first kappa shape index (κ1) is 9.58. The zero-order chi connectivity index (χ0) is 10.8. The van der Waals surface area contributed by atoms with E-state index < -0.39 is 0 Å². The van der Waals surface area contributed by atoms with E-state index in [4.69, 9.17) is 0 Å². The molecule has 1 aromatic carbocycles. The summed E-state index contributed by atoms with van der Waals surface area (Å²) in [5.41, 5.74) is 1.32. The molecule has 0 spiro atoms. The number of H-pyrrole nitrogens is 1. The number of nitrogens with one attached hydrogen (secondary N) is 1. The molecule has 3 nitrogen and oxygen atoms in total. The zero-order valence-corrected chi connectivity index (χ0v) is 8.12. The number of carbonyl (C=O) groups excluding carboxylic acids is 1. The minimum absolute atomic E-state index is 0.313. The Balaban J connectivity index is 2.55. The Hall–Kier alpha value is -1.97. The minimum atomic E-state index is -0.358. The van der Waals surface area contributed by atoms with E-state index in [0.29, 0.717) is 29.1 Å². The van der Waals surface area contributed by atoms with E-state index in [-0.39, 0.29) is 5.82 Å². The van der Waals surface area contributed by atoms with E-state index in [2.05, 4.69) is 9.97 Å². The van der Waals surface area contributed by atoms with Gasteiger partial charge in [-0.2, -0.15) is 0 Å². The van der Waals surface area contributed by atoms with Crippen molar-refractivity contribution in [1.82, 2.24) is 9.97 Å². The second-order valence-corrected chi connectivity index (χ2v) is 3.19. The van der Waals surface area contributed by atoms with Crippen LogP contribution in [0.5, 0.6) is 0 Å². The Morgan fingerprint density at radius 1 is 1.40 bits per heavy atom. The van der Waals surface area contributed by atoms with Gasteiger partial charge in [0, 0.05) is 5.69 Å². The van der Waals surface area contributed by atoms with Crippen LogP contribution in [0.2, 0.25) is 0 Å². The molecule has 76 valence electrons. The summed E-state index contributed by atoms with van der Waals surface area (Å²) >= 11 is 0. The SMILES string of the molecule is Cc1[nH]c(-c2ccccc2F)nc1C=O. The molecule has 0 saturated carbocycles. The van der Waals surface area contributed by atoms with E-state index >= 15 is 0 Å². The quantitative estimate of drug-likeness (QED) is 0.763. The highest BCUT2D eigenvalue weighted by molar-refractivity contribution is 5.75. The lowest BCUT2D eigenvalue weighted by Gasteiger charge is -1.97. The van der Waals surface area contributed by atoms with Crippen molar-refractivity contribution in [3.8, 4) is 11.4 Å². The van der Waals surface area contributed by atoms with Crippen LogP contribution in [0.15, 0.2) is 24.3 Å². The van der Waals surface area contributed by atoms with Crippen molar-refractivity contribution in [3.63, 3.8) is 0 Å². The van der Waals surface area contributed by atoms with Crippen molar-refractivity contribution in [3.05, 3.63) is 41.5 Å². The molecule has 0 aliphatic carbocycles. The van der Waals surface area contributed by atoms with Crippen LogP contribution in [0, 0.1) is 12.7 Å². The Morgan fingerprint density at radius 3 is 2.73 bits per heavy atom. The molecule has 0 atom stereocenters. The lowest BCUT2D eigenvalue weighted by atomic mass is 10.2. The third-order valence-corrected chi connectivity index (χ3v) is 2.16. The molecule has 1 heterocycles. The van der Waals surface area contributed by atoms with Gasteiger partial charge in [0.1, 0.15) is 17.3 Å². The summed E-state index contributed by atoms with van der Waals surface area (Å²) in [6, 6.07) is 6.29. The standard InChI is InChI=1S/C11H9FN2O/c1-7-10(6-15)14-11(13-7)8-4-2-3-5-9(8)12/h2-6H,1H3,(H,13,14). The average molecular weight is 204 g/mol. The first-order valence-electron chi connectivity index (χ1n) is 4.49. The smallest absolute Gasteiger partial charge is 0.170 e. The topological polar surface area (TPSA) is 45.8 Å². The molecule has 1 N–H and O–H groups in total. The van der Waals surface area contributed by atoms with E-state index in [0.717, 1.165) is 0 Å². The Bertz CT molecular complexity index is 505. The van der Waals surface area contributed by atoms with E-state index in [9.17, 15) is 9.18 Å². The van der Waals surface area contributed by atoms with Crippen LogP contribution < -0.4 is 0 Å². The number of aryl methyl sites for hydroxylation is 1. The van der Waals surface area contributed by atoms with Crippen molar-refractivity contribution in [2.75, 3.05) is 0 Å². The molecular formula is C11H9FN2O. The number of hydrogen-bond acceptors (Lipinski definition) is 2. The average Bonchev–Trinajstić information content (AvgIpc) is 2.60. The van der Waals surface area contributed by atoms with Crippen LogP contribution in [0.1, 0.15) is 16.2 Å². The number of benzene rings is 1. The van der Waals surface area contributed by atoms with E-state index in [1.165, 1.54) is 6.07 Å². The summed E-state index contributed by atoms with van der Waals surface area (Å²) in [7, 11) is 0. The molecule has 1 aromatic heterocycles. The maximum Gasteiger partial charge on any atom is 0.170 e. The fourth-order valence-electron chi connectivity index (χ4n) is 1.37. The normalized spacial score (nSPS) is 10.3. The van der Waals surface area contributed by atoms with Crippen LogP contribution in [0.4, 0.5) is 4.39 Å². The second kappa shape index (κ2) is 3.65. The fourth-order valence-corrected chi connectivity index (χ4v) is 1.37. The van der Waals surface area contributed by atoms with Crippen molar-refractivity contribution in [2.45, 2.75) is 6.92 Å². The summed E-state index contributed by atoms with van der Waals surface area (Å²) in [5, 5.41) is 0. The van der Waals surface area contributed by atoms with E-state index in [1.807, 2.05) is 0 Å². The predicted molar refractivity (Wildman–Crippen MR) is 54.1 cm³/mol. The number of aldehydes is 1. The van der Waals surface area contributed by atoms with Gasteiger partial charge in [-0.05, 0) is 19.1 Å². The third kappa shape index (κ3) is 1.66. The summed E-state index contributed by atoms with van der Waals surface area (Å²) in [4.78, 5) is 17.4. The lowest BCUT2D eigenvalue weighted by molar-refractivity contribution is 0.111. The number of nitrogens with zero attached hydrogens (tertiary/aromatic N) is 1. The van der Waals surface area contributed by atoms with Gasteiger partial charge in [0.15, 0.2) is 6.29 Å². The minimum Gasteiger partial charge on any atom is -0.341 e. The molecular weight excluding hydrogens is 195 g/mol. The van der Waals surface area contributed by atoms with Crippen LogP contribution >= 0.6 is 0 Å². The Morgan fingerprint density at radius 2 is 2.13 bits per heavy atom. The first-order valence-corrected chi connectivity index (χ1v) is 4.49. The number of hydrogen-bond donors (Lipinski definition) is 1. The highest BCUT2D eigenvalue weighted by atomic mass is 19.1. The fraction of sp³-hybridized carbons (Fsp3) is 0.0909. The Kier molecular flexibility index (Phi) is 2.33. The van der Waals surface area contributed by atoms with Gasteiger partial charge in [-0.1, -0.05) is 12.1 Å². The zero-order valence-electron chi connectivity index (χ0n) is 8.12. The van der Waals surface area contributed by atoms with Crippen LogP contribution in [0.3, 0.4) is 0 Å². The maximum absolute atomic E-state index is 13.4. The molecule has 2 rings (SSSR count). The molecule has 0 aliphatic heterocycles.